The van der Waals surface area contributed by atoms with E-state index >= 15 is 0 Å². The van der Waals surface area contributed by atoms with Crippen LogP contribution in [0.15, 0.2) is 35.2 Å². The fourth-order valence-corrected chi connectivity index (χ4v) is 2.52. The van der Waals surface area contributed by atoms with Crippen molar-refractivity contribution in [1.29, 1.82) is 0 Å². The average Bonchev–Trinajstić information content (AvgIpc) is 2.49. The third-order valence-electron chi connectivity index (χ3n) is 2.51. The van der Waals surface area contributed by atoms with Crippen molar-refractivity contribution in [2.45, 2.75) is 31.3 Å². The number of benzene rings is 1. The molecule has 0 spiro atoms. The Morgan fingerprint density at radius 2 is 1.54 bits per heavy atom. The number of hydrogen-bond acceptors (Lipinski definition) is 7. The first-order valence-electron chi connectivity index (χ1n) is 7.52. The van der Waals surface area contributed by atoms with Gasteiger partial charge >= 0.3 is 5.97 Å². The Labute approximate surface area is 143 Å². The van der Waals surface area contributed by atoms with Crippen LogP contribution in [0.5, 0.6) is 0 Å². The minimum atomic E-state index is -3.76. The summed E-state index contributed by atoms with van der Waals surface area (Å²) in [4.78, 5) is 11.5. The highest BCUT2D eigenvalue weighted by Gasteiger charge is 2.16. The van der Waals surface area contributed by atoms with Crippen LogP contribution in [0, 0.1) is 0 Å². The Morgan fingerprint density at radius 1 is 0.958 bits per heavy atom. The van der Waals surface area contributed by atoms with Gasteiger partial charge in [0.15, 0.2) is 0 Å². The normalized spacial score (nSPS) is 12.1. The zero-order valence-electron chi connectivity index (χ0n) is 14.2. The molecule has 0 aromatic heterocycles. The predicted octanol–water partition coefficient (Wildman–Crippen LogP) is 1.77. The smallest absolute Gasteiger partial charge is 0.332 e. The predicted molar refractivity (Wildman–Crippen MR) is 87.1 cm³/mol. The molecule has 0 aliphatic carbocycles. The van der Waals surface area contributed by atoms with E-state index in [-0.39, 0.29) is 37.9 Å². The maximum atomic E-state index is 11.8. The number of ether oxygens (including phenoxy) is 3. The van der Waals surface area contributed by atoms with Crippen molar-refractivity contribution in [3.8, 4) is 0 Å². The van der Waals surface area contributed by atoms with Gasteiger partial charge < -0.3 is 14.2 Å². The number of carbonyl (C=O) groups is 1. The van der Waals surface area contributed by atoms with Crippen molar-refractivity contribution in [3.63, 3.8) is 0 Å². The fourth-order valence-electron chi connectivity index (χ4n) is 1.60. The van der Waals surface area contributed by atoms with Gasteiger partial charge in [-0.25, -0.2) is 4.79 Å². The molecule has 136 valence electrons. The van der Waals surface area contributed by atoms with Crippen LogP contribution in [0.4, 0.5) is 0 Å². The van der Waals surface area contributed by atoms with Gasteiger partial charge in [0.05, 0.1) is 31.3 Å². The number of rotatable bonds is 10. The van der Waals surface area contributed by atoms with E-state index in [4.69, 9.17) is 18.4 Å². The highest BCUT2D eigenvalue weighted by molar-refractivity contribution is 7.86. The van der Waals surface area contributed by atoms with Crippen LogP contribution in [-0.4, -0.2) is 53.0 Å². The molecule has 8 heteroatoms. The van der Waals surface area contributed by atoms with Crippen LogP contribution in [0.2, 0.25) is 0 Å². The number of esters is 1. The van der Waals surface area contributed by atoms with Crippen LogP contribution in [0.3, 0.4) is 0 Å². The lowest BCUT2D eigenvalue weighted by Crippen LogP contribution is -2.27. The van der Waals surface area contributed by atoms with Crippen LogP contribution in [0.1, 0.15) is 20.8 Å². The first kappa shape index (κ1) is 20.6. The molecule has 1 aromatic rings. The topological polar surface area (TPSA) is 88.1 Å². The van der Waals surface area contributed by atoms with E-state index in [2.05, 4.69) is 0 Å². The van der Waals surface area contributed by atoms with Gasteiger partial charge in [0.2, 0.25) is 0 Å². The van der Waals surface area contributed by atoms with E-state index in [0.717, 1.165) is 0 Å². The summed E-state index contributed by atoms with van der Waals surface area (Å²) in [5, 5.41) is 0. The molecule has 0 aliphatic rings. The molecule has 0 amide bonds. The zero-order chi connectivity index (χ0) is 18.1. The first-order chi connectivity index (χ1) is 11.2. The quantitative estimate of drug-likeness (QED) is 0.357. The van der Waals surface area contributed by atoms with Crippen LogP contribution in [0.25, 0.3) is 0 Å². The van der Waals surface area contributed by atoms with E-state index in [1.54, 1.807) is 39.0 Å². The van der Waals surface area contributed by atoms with E-state index in [1.165, 1.54) is 12.1 Å². The van der Waals surface area contributed by atoms with E-state index in [0.29, 0.717) is 0 Å². The molecule has 1 aromatic carbocycles. The largest absolute Gasteiger partial charge is 0.458 e. The molecule has 0 unspecified atom stereocenters. The Morgan fingerprint density at radius 3 is 2.17 bits per heavy atom. The summed E-state index contributed by atoms with van der Waals surface area (Å²) >= 11 is 0. The lowest BCUT2D eigenvalue weighted by Gasteiger charge is -2.19. The molecule has 0 N–H and O–H groups in total. The number of hydrogen-bond donors (Lipinski definition) is 0. The third-order valence-corrected chi connectivity index (χ3v) is 3.84. The molecule has 0 radical (unpaired) electrons. The van der Waals surface area contributed by atoms with Crippen LogP contribution < -0.4 is 0 Å². The summed E-state index contributed by atoms with van der Waals surface area (Å²) in [7, 11) is -3.76. The fraction of sp³-hybridized carbons (Fsp3) is 0.562. The molecule has 0 atom stereocenters. The molecule has 0 fully saturated rings. The summed E-state index contributed by atoms with van der Waals surface area (Å²) in [6, 6.07) is 7.88. The summed E-state index contributed by atoms with van der Waals surface area (Å²) in [5.74, 6) is -0.445. The Kier molecular flexibility index (Phi) is 8.34. The Bertz CT molecular complexity index is 591. The van der Waals surface area contributed by atoms with Gasteiger partial charge in [-0.05, 0) is 32.9 Å². The third kappa shape index (κ3) is 8.97. The van der Waals surface area contributed by atoms with Gasteiger partial charge in [0.1, 0.15) is 12.2 Å². The minimum absolute atomic E-state index is 0.0940. The molecular formula is C16H24O7S. The molecule has 1 rings (SSSR count). The van der Waals surface area contributed by atoms with Crippen molar-refractivity contribution >= 4 is 16.1 Å². The Hall–Kier alpha value is -1.48. The van der Waals surface area contributed by atoms with Crippen molar-refractivity contribution in [2.75, 3.05) is 33.0 Å². The van der Waals surface area contributed by atoms with Crippen LogP contribution in [-0.2, 0) is 33.3 Å². The van der Waals surface area contributed by atoms with E-state index in [9.17, 15) is 13.2 Å². The van der Waals surface area contributed by atoms with Gasteiger partial charge in [-0.2, -0.15) is 8.42 Å². The molecule has 0 saturated carbocycles. The van der Waals surface area contributed by atoms with Gasteiger partial charge in [-0.3, -0.25) is 4.18 Å². The second-order valence-electron chi connectivity index (χ2n) is 5.84. The van der Waals surface area contributed by atoms with E-state index in [1.807, 2.05) is 0 Å². The average molecular weight is 360 g/mol. The molecule has 7 nitrogen and oxygen atoms in total. The van der Waals surface area contributed by atoms with Gasteiger partial charge in [0.25, 0.3) is 10.1 Å². The maximum Gasteiger partial charge on any atom is 0.332 e. The molecule has 24 heavy (non-hydrogen) atoms. The van der Waals surface area contributed by atoms with Crippen molar-refractivity contribution in [1.82, 2.24) is 0 Å². The van der Waals surface area contributed by atoms with Crippen molar-refractivity contribution < 1.29 is 31.6 Å². The molecule has 0 bridgehead atoms. The highest BCUT2D eigenvalue weighted by atomic mass is 32.2. The standard InChI is InChI=1S/C16H24O7S/c1-16(2,3)23-15(17)13-21-10-9-20-11-12-22-24(18,19)14-7-5-4-6-8-14/h4-8H,9-13H2,1-3H3. The molecule has 0 heterocycles. The zero-order valence-corrected chi connectivity index (χ0v) is 15.0. The van der Waals surface area contributed by atoms with Gasteiger partial charge in [0, 0.05) is 0 Å². The summed E-state index contributed by atoms with van der Waals surface area (Å²) in [5.41, 5.74) is -0.543. The van der Waals surface area contributed by atoms with Gasteiger partial charge in [-0.1, -0.05) is 18.2 Å². The second kappa shape index (κ2) is 9.73. The second-order valence-corrected chi connectivity index (χ2v) is 7.46. The monoisotopic (exact) mass is 360 g/mol. The molecule has 0 aliphatic heterocycles. The summed E-state index contributed by atoms with van der Waals surface area (Å²) < 4.78 is 43.8. The molecular weight excluding hydrogens is 336 g/mol. The summed E-state index contributed by atoms with van der Waals surface area (Å²) in [6.45, 7) is 5.60. The maximum absolute atomic E-state index is 11.8. The van der Waals surface area contributed by atoms with Gasteiger partial charge in [-0.15, -0.1) is 0 Å². The first-order valence-corrected chi connectivity index (χ1v) is 8.93. The van der Waals surface area contributed by atoms with Crippen molar-refractivity contribution in [2.24, 2.45) is 0 Å². The number of carbonyl (C=O) groups excluding carboxylic acids is 1. The van der Waals surface area contributed by atoms with Crippen molar-refractivity contribution in [3.05, 3.63) is 30.3 Å². The van der Waals surface area contributed by atoms with E-state index < -0.39 is 21.7 Å². The minimum Gasteiger partial charge on any atom is -0.458 e. The lowest BCUT2D eigenvalue weighted by atomic mass is 10.2. The summed E-state index contributed by atoms with van der Waals surface area (Å²) in [6.07, 6.45) is 0. The highest BCUT2D eigenvalue weighted by Crippen LogP contribution is 2.10. The van der Waals surface area contributed by atoms with Crippen LogP contribution >= 0.6 is 0 Å². The SMILES string of the molecule is CC(C)(C)OC(=O)COCCOCCOS(=O)(=O)c1ccccc1. The Balaban J connectivity index is 2.08. The lowest BCUT2D eigenvalue weighted by molar-refractivity contribution is -0.160. The molecule has 0 saturated heterocycles.